The summed E-state index contributed by atoms with van der Waals surface area (Å²) in [4.78, 5) is 3.83. The Morgan fingerprint density at radius 1 is 1.25 bits per heavy atom. The maximum atomic E-state index is 12.2. The molecule has 4 N–H and O–H groups in total. The van der Waals surface area contributed by atoms with E-state index in [1.54, 1.807) is 30.3 Å². The van der Waals surface area contributed by atoms with E-state index in [-0.39, 0.29) is 17.3 Å². The number of benzene rings is 1. The summed E-state index contributed by atoms with van der Waals surface area (Å²) in [5.74, 6) is 5.27. The lowest BCUT2D eigenvalue weighted by Crippen LogP contribution is -2.26. The number of nitrogens with two attached hydrogens (primary N) is 1. The number of halogens is 1. The van der Waals surface area contributed by atoms with Crippen LogP contribution in [0.5, 0.6) is 0 Å². The Kier molecular flexibility index (Phi) is 4.56. The molecule has 0 radical (unpaired) electrons. The first kappa shape index (κ1) is 14.7. The molecule has 2 aromatic rings. The second kappa shape index (κ2) is 6.19. The number of sulfonamides is 1. The molecule has 0 aliphatic heterocycles. The summed E-state index contributed by atoms with van der Waals surface area (Å²) in [7, 11) is -3.76. The number of nitrogens with one attached hydrogen (secondary N) is 2. The van der Waals surface area contributed by atoms with Crippen LogP contribution in [-0.2, 0) is 16.6 Å². The number of pyridine rings is 1. The minimum Gasteiger partial charge on any atom is -0.321 e. The lowest BCUT2D eigenvalue weighted by Gasteiger charge is -2.10. The van der Waals surface area contributed by atoms with Crippen LogP contribution in [-0.4, -0.2) is 13.4 Å². The number of anilines is 1. The number of rotatable bonds is 5. The van der Waals surface area contributed by atoms with Gasteiger partial charge in [0.05, 0.1) is 5.69 Å². The van der Waals surface area contributed by atoms with Gasteiger partial charge in [0, 0.05) is 17.8 Å². The minimum atomic E-state index is -3.76. The molecule has 8 heteroatoms. The van der Waals surface area contributed by atoms with Gasteiger partial charge in [0.1, 0.15) is 0 Å². The zero-order valence-electron chi connectivity index (χ0n) is 10.4. The Morgan fingerprint density at radius 3 is 2.75 bits per heavy atom. The fourth-order valence-electron chi connectivity index (χ4n) is 1.61. The molecule has 0 atom stereocenters. The molecular weight excluding hydrogens is 300 g/mol. The van der Waals surface area contributed by atoms with Gasteiger partial charge in [-0.2, -0.15) is 0 Å². The second-order valence-corrected chi connectivity index (χ2v) is 6.07. The Labute approximate surface area is 122 Å². The van der Waals surface area contributed by atoms with E-state index in [1.165, 1.54) is 12.3 Å². The molecule has 0 aliphatic carbocycles. The van der Waals surface area contributed by atoms with Crippen LogP contribution in [0.1, 0.15) is 5.56 Å². The third-order valence-electron chi connectivity index (χ3n) is 2.54. The Hall–Kier alpha value is -1.67. The molecule has 1 aromatic carbocycles. The molecular formula is C12H13ClN4O2S. The van der Waals surface area contributed by atoms with Gasteiger partial charge in [-0.3, -0.25) is 5.84 Å². The lowest BCUT2D eigenvalue weighted by molar-refractivity contribution is 0.578. The molecule has 0 unspecified atom stereocenters. The quantitative estimate of drug-likeness (QED) is 0.574. The van der Waals surface area contributed by atoms with Crippen molar-refractivity contribution in [1.29, 1.82) is 0 Å². The first-order chi connectivity index (χ1) is 9.53. The summed E-state index contributed by atoms with van der Waals surface area (Å²) in [6, 6.07) is 10.0. The van der Waals surface area contributed by atoms with Crippen molar-refractivity contribution in [3.05, 3.63) is 53.2 Å². The maximum Gasteiger partial charge on any atom is 0.260 e. The van der Waals surface area contributed by atoms with Crippen molar-refractivity contribution in [1.82, 2.24) is 9.71 Å². The number of nitrogen functional groups attached to an aromatic ring is 1. The lowest BCUT2D eigenvalue weighted by atomic mass is 10.2. The summed E-state index contributed by atoms with van der Waals surface area (Å²) in [5.41, 5.74) is 3.28. The normalized spacial score (nSPS) is 11.3. The molecule has 0 bridgehead atoms. The Morgan fingerprint density at radius 2 is 2.05 bits per heavy atom. The van der Waals surface area contributed by atoms with Gasteiger partial charge in [-0.15, -0.1) is 0 Å². The first-order valence-electron chi connectivity index (χ1n) is 5.68. The first-order valence-corrected chi connectivity index (χ1v) is 7.55. The van der Waals surface area contributed by atoms with Crippen molar-refractivity contribution < 1.29 is 8.42 Å². The zero-order chi connectivity index (χ0) is 14.6. The van der Waals surface area contributed by atoms with Crippen LogP contribution in [0.4, 0.5) is 5.69 Å². The van der Waals surface area contributed by atoms with Gasteiger partial charge in [0.15, 0.2) is 5.03 Å². The molecule has 0 amide bonds. The van der Waals surface area contributed by atoms with E-state index in [1.807, 2.05) is 0 Å². The summed E-state index contributed by atoms with van der Waals surface area (Å²) >= 11 is 5.84. The molecule has 1 aromatic heterocycles. The van der Waals surface area contributed by atoms with Gasteiger partial charge >= 0.3 is 0 Å². The Bertz CT molecular complexity index is 706. The maximum absolute atomic E-state index is 12.2. The van der Waals surface area contributed by atoms with Crippen LogP contribution < -0.4 is 16.0 Å². The van der Waals surface area contributed by atoms with Crippen molar-refractivity contribution in [2.24, 2.45) is 5.84 Å². The molecule has 106 valence electrons. The predicted molar refractivity (Wildman–Crippen MR) is 77.5 cm³/mol. The zero-order valence-corrected chi connectivity index (χ0v) is 11.9. The molecule has 0 saturated heterocycles. The summed E-state index contributed by atoms with van der Waals surface area (Å²) in [6.45, 7) is 0.115. The van der Waals surface area contributed by atoms with E-state index in [0.29, 0.717) is 5.02 Å². The van der Waals surface area contributed by atoms with Gasteiger partial charge < -0.3 is 5.43 Å². The molecule has 0 saturated carbocycles. The van der Waals surface area contributed by atoms with E-state index in [0.717, 1.165) is 5.56 Å². The largest absolute Gasteiger partial charge is 0.321 e. The smallest absolute Gasteiger partial charge is 0.260 e. The van der Waals surface area contributed by atoms with Crippen molar-refractivity contribution in [3.8, 4) is 0 Å². The van der Waals surface area contributed by atoms with Gasteiger partial charge in [0.25, 0.3) is 10.0 Å². The van der Waals surface area contributed by atoms with Crippen molar-refractivity contribution in [2.75, 3.05) is 5.43 Å². The molecule has 0 fully saturated rings. The molecule has 20 heavy (non-hydrogen) atoms. The number of hydrazine groups is 1. The van der Waals surface area contributed by atoms with E-state index < -0.39 is 10.0 Å². The Balaban J connectivity index is 2.19. The van der Waals surface area contributed by atoms with Crippen molar-refractivity contribution >= 4 is 27.3 Å². The molecule has 0 aliphatic rings. The minimum absolute atomic E-state index is 0.115. The van der Waals surface area contributed by atoms with Gasteiger partial charge in [-0.25, -0.2) is 18.1 Å². The summed E-state index contributed by atoms with van der Waals surface area (Å²) in [6.07, 6.45) is 1.38. The van der Waals surface area contributed by atoms with E-state index in [9.17, 15) is 8.42 Å². The van der Waals surface area contributed by atoms with Gasteiger partial charge in [-0.05, 0) is 29.8 Å². The standard InChI is InChI=1S/C12H13ClN4O2S/c13-10-4-1-3-9(7-10)8-16-20(18,19)12-11(17-14)5-2-6-15-12/h1-7,16-17H,8,14H2. The third-order valence-corrected chi connectivity index (χ3v) is 4.13. The van der Waals surface area contributed by atoms with Crippen LogP contribution in [0.3, 0.4) is 0 Å². The second-order valence-electron chi connectivity index (χ2n) is 3.95. The van der Waals surface area contributed by atoms with Gasteiger partial charge in [-0.1, -0.05) is 23.7 Å². The number of hydrogen-bond acceptors (Lipinski definition) is 5. The molecule has 1 heterocycles. The van der Waals surface area contributed by atoms with E-state index in [2.05, 4.69) is 15.1 Å². The fourth-order valence-corrected chi connectivity index (χ4v) is 2.93. The van der Waals surface area contributed by atoms with Crippen molar-refractivity contribution in [2.45, 2.75) is 11.6 Å². The number of aromatic nitrogens is 1. The van der Waals surface area contributed by atoms with Crippen LogP contribution in [0, 0.1) is 0 Å². The molecule has 6 nitrogen and oxygen atoms in total. The molecule has 0 spiro atoms. The topological polar surface area (TPSA) is 97.1 Å². The highest BCUT2D eigenvalue weighted by Crippen LogP contribution is 2.17. The highest BCUT2D eigenvalue weighted by molar-refractivity contribution is 7.89. The summed E-state index contributed by atoms with van der Waals surface area (Å²) in [5, 5.41) is 0.397. The SMILES string of the molecule is NNc1cccnc1S(=O)(=O)NCc1cccc(Cl)c1. The van der Waals surface area contributed by atoms with E-state index in [4.69, 9.17) is 17.4 Å². The highest BCUT2D eigenvalue weighted by Gasteiger charge is 2.19. The fraction of sp³-hybridized carbons (Fsp3) is 0.0833. The van der Waals surface area contributed by atoms with Crippen LogP contribution in [0.25, 0.3) is 0 Å². The van der Waals surface area contributed by atoms with Crippen molar-refractivity contribution in [3.63, 3.8) is 0 Å². The number of nitrogens with zero attached hydrogens (tertiary/aromatic N) is 1. The van der Waals surface area contributed by atoms with Crippen LogP contribution in [0.2, 0.25) is 5.02 Å². The van der Waals surface area contributed by atoms with E-state index >= 15 is 0 Å². The highest BCUT2D eigenvalue weighted by atomic mass is 35.5. The average Bonchev–Trinajstić information content (AvgIpc) is 2.45. The predicted octanol–water partition coefficient (Wildman–Crippen LogP) is 1.50. The molecule has 2 rings (SSSR count). The van der Waals surface area contributed by atoms with Crippen LogP contribution in [0.15, 0.2) is 47.6 Å². The number of hydrogen-bond donors (Lipinski definition) is 3. The summed E-state index contributed by atoms with van der Waals surface area (Å²) < 4.78 is 26.8. The van der Waals surface area contributed by atoms with Crippen LogP contribution >= 0.6 is 11.6 Å². The third kappa shape index (κ3) is 3.45. The monoisotopic (exact) mass is 312 g/mol. The van der Waals surface area contributed by atoms with Gasteiger partial charge in [0.2, 0.25) is 0 Å². The average molecular weight is 313 g/mol.